The second-order valence-electron chi connectivity index (χ2n) is 6.06. The standard InChI is InChI=1S/C17H27NO2/c1-12-7-8-17(14(9-12)10-13(2)18)20-16-6-4-5-15(11-16)19-3/h7-9,13,15-16H,4-6,10-11,18H2,1-3H3. The molecule has 0 spiro atoms. The molecule has 112 valence electrons. The van der Waals surface area contributed by atoms with Gasteiger partial charge in [-0.15, -0.1) is 0 Å². The van der Waals surface area contributed by atoms with Crippen molar-refractivity contribution in [2.24, 2.45) is 5.73 Å². The molecule has 1 aromatic carbocycles. The molecule has 0 radical (unpaired) electrons. The normalized spacial score (nSPS) is 24.4. The van der Waals surface area contributed by atoms with Crippen LogP contribution in [0.25, 0.3) is 0 Å². The molecule has 3 heteroatoms. The molecular formula is C17H27NO2. The fourth-order valence-electron chi connectivity index (χ4n) is 2.93. The van der Waals surface area contributed by atoms with Gasteiger partial charge < -0.3 is 15.2 Å². The van der Waals surface area contributed by atoms with E-state index in [-0.39, 0.29) is 12.1 Å². The van der Waals surface area contributed by atoms with Crippen molar-refractivity contribution < 1.29 is 9.47 Å². The molecule has 3 atom stereocenters. The number of methoxy groups -OCH3 is 1. The smallest absolute Gasteiger partial charge is 0.122 e. The van der Waals surface area contributed by atoms with E-state index >= 15 is 0 Å². The van der Waals surface area contributed by atoms with E-state index in [1.807, 2.05) is 6.92 Å². The Bertz CT molecular complexity index is 431. The molecule has 2 N–H and O–H groups in total. The Kier molecular flexibility index (Phi) is 5.44. The summed E-state index contributed by atoms with van der Waals surface area (Å²) >= 11 is 0. The van der Waals surface area contributed by atoms with Crippen LogP contribution in [0.4, 0.5) is 0 Å². The van der Waals surface area contributed by atoms with Crippen molar-refractivity contribution in [1.82, 2.24) is 0 Å². The average Bonchev–Trinajstić information content (AvgIpc) is 2.41. The lowest BCUT2D eigenvalue weighted by Crippen LogP contribution is -2.30. The molecule has 20 heavy (non-hydrogen) atoms. The zero-order chi connectivity index (χ0) is 14.5. The third-order valence-corrected chi connectivity index (χ3v) is 3.96. The summed E-state index contributed by atoms with van der Waals surface area (Å²) in [6, 6.07) is 6.53. The maximum Gasteiger partial charge on any atom is 0.122 e. The number of aryl methyl sites for hydroxylation is 1. The van der Waals surface area contributed by atoms with Crippen LogP contribution in [0.15, 0.2) is 18.2 Å². The summed E-state index contributed by atoms with van der Waals surface area (Å²) < 4.78 is 11.7. The van der Waals surface area contributed by atoms with Crippen molar-refractivity contribution in [3.8, 4) is 5.75 Å². The molecule has 1 fully saturated rings. The van der Waals surface area contributed by atoms with Crippen LogP contribution in [-0.2, 0) is 11.2 Å². The largest absolute Gasteiger partial charge is 0.490 e. The van der Waals surface area contributed by atoms with Crippen LogP contribution < -0.4 is 10.5 Å². The monoisotopic (exact) mass is 277 g/mol. The van der Waals surface area contributed by atoms with E-state index in [1.165, 1.54) is 17.5 Å². The Morgan fingerprint density at radius 2 is 2.05 bits per heavy atom. The van der Waals surface area contributed by atoms with Crippen molar-refractivity contribution in [3.05, 3.63) is 29.3 Å². The topological polar surface area (TPSA) is 44.5 Å². The number of hydrogen-bond acceptors (Lipinski definition) is 3. The molecule has 1 aliphatic carbocycles. The minimum atomic E-state index is 0.150. The zero-order valence-corrected chi connectivity index (χ0v) is 12.9. The van der Waals surface area contributed by atoms with Crippen molar-refractivity contribution in [3.63, 3.8) is 0 Å². The SMILES string of the molecule is COC1CCCC(Oc2ccc(C)cc2CC(C)N)C1. The predicted molar refractivity (Wildman–Crippen MR) is 82.2 cm³/mol. The molecule has 3 unspecified atom stereocenters. The van der Waals surface area contributed by atoms with Crippen LogP contribution in [0.1, 0.15) is 43.7 Å². The molecule has 0 aliphatic heterocycles. The van der Waals surface area contributed by atoms with E-state index in [0.717, 1.165) is 31.4 Å². The van der Waals surface area contributed by atoms with Gasteiger partial charge in [0.15, 0.2) is 0 Å². The Labute approximate surface area is 122 Å². The van der Waals surface area contributed by atoms with Crippen molar-refractivity contribution >= 4 is 0 Å². The molecule has 0 saturated heterocycles. The summed E-state index contributed by atoms with van der Waals surface area (Å²) in [5, 5.41) is 0. The summed E-state index contributed by atoms with van der Waals surface area (Å²) in [4.78, 5) is 0. The summed E-state index contributed by atoms with van der Waals surface area (Å²) in [5.41, 5.74) is 8.42. The zero-order valence-electron chi connectivity index (χ0n) is 12.9. The van der Waals surface area contributed by atoms with Crippen LogP contribution in [-0.4, -0.2) is 25.4 Å². The first-order valence-corrected chi connectivity index (χ1v) is 7.63. The van der Waals surface area contributed by atoms with Gasteiger partial charge in [-0.25, -0.2) is 0 Å². The number of hydrogen-bond donors (Lipinski definition) is 1. The third kappa shape index (κ3) is 4.22. The third-order valence-electron chi connectivity index (χ3n) is 3.96. The Morgan fingerprint density at radius 3 is 2.75 bits per heavy atom. The van der Waals surface area contributed by atoms with Crippen LogP contribution in [0.5, 0.6) is 5.75 Å². The van der Waals surface area contributed by atoms with Crippen molar-refractivity contribution in [2.45, 2.75) is 64.2 Å². The van der Waals surface area contributed by atoms with E-state index < -0.39 is 0 Å². The Balaban J connectivity index is 2.07. The van der Waals surface area contributed by atoms with Crippen LogP contribution >= 0.6 is 0 Å². The second kappa shape index (κ2) is 7.09. The van der Waals surface area contributed by atoms with E-state index in [2.05, 4.69) is 25.1 Å². The van der Waals surface area contributed by atoms with Gasteiger partial charge in [0, 0.05) is 19.6 Å². The molecule has 0 amide bonds. The van der Waals surface area contributed by atoms with Crippen molar-refractivity contribution in [1.29, 1.82) is 0 Å². The van der Waals surface area contributed by atoms with Crippen molar-refractivity contribution in [2.75, 3.05) is 7.11 Å². The highest BCUT2D eigenvalue weighted by Crippen LogP contribution is 2.28. The first kappa shape index (κ1) is 15.3. The maximum atomic E-state index is 6.24. The summed E-state index contributed by atoms with van der Waals surface area (Å²) in [5.74, 6) is 0.995. The fourth-order valence-corrected chi connectivity index (χ4v) is 2.93. The highest BCUT2D eigenvalue weighted by Gasteiger charge is 2.23. The van der Waals surface area contributed by atoms with Gasteiger partial charge >= 0.3 is 0 Å². The van der Waals surface area contributed by atoms with Gasteiger partial charge in [-0.2, -0.15) is 0 Å². The summed E-state index contributed by atoms with van der Waals surface area (Å²) in [6.07, 6.45) is 5.90. The van der Waals surface area contributed by atoms with E-state index in [9.17, 15) is 0 Å². The van der Waals surface area contributed by atoms with Gasteiger partial charge in [0.25, 0.3) is 0 Å². The lowest BCUT2D eigenvalue weighted by molar-refractivity contribution is 0.0206. The highest BCUT2D eigenvalue weighted by atomic mass is 16.5. The molecular weight excluding hydrogens is 250 g/mol. The minimum absolute atomic E-state index is 0.150. The lowest BCUT2D eigenvalue weighted by atomic mass is 9.94. The number of nitrogens with two attached hydrogens (primary N) is 1. The van der Waals surface area contributed by atoms with Crippen LogP contribution in [0.3, 0.4) is 0 Å². The van der Waals surface area contributed by atoms with Gasteiger partial charge in [-0.05, 0) is 51.2 Å². The fraction of sp³-hybridized carbons (Fsp3) is 0.647. The van der Waals surface area contributed by atoms with E-state index in [4.69, 9.17) is 15.2 Å². The molecule has 0 bridgehead atoms. The average molecular weight is 277 g/mol. The van der Waals surface area contributed by atoms with Gasteiger partial charge in [-0.3, -0.25) is 0 Å². The summed E-state index contributed by atoms with van der Waals surface area (Å²) in [7, 11) is 1.79. The quantitative estimate of drug-likeness (QED) is 0.898. The van der Waals surface area contributed by atoms with E-state index in [1.54, 1.807) is 7.11 Å². The van der Waals surface area contributed by atoms with Gasteiger partial charge in [0.2, 0.25) is 0 Å². The number of ether oxygens (including phenoxy) is 2. The molecule has 1 aliphatic rings. The molecule has 0 heterocycles. The number of rotatable bonds is 5. The molecule has 1 saturated carbocycles. The van der Waals surface area contributed by atoms with Crippen LogP contribution in [0.2, 0.25) is 0 Å². The van der Waals surface area contributed by atoms with Gasteiger partial charge in [0.05, 0.1) is 6.10 Å². The van der Waals surface area contributed by atoms with Crippen LogP contribution in [0, 0.1) is 6.92 Å². The number of benzene rings is 1. The first-order valence-electron chi connectivity index (χ1n) is 7.63. The van der Waals surface area contributed by atoms with Gasteiger partial charge in [0.1, 0.15) is 11.9 Å². The lowest BCUT2D eigenvalue weighted by Gasteiger charge is -2.29. The minimum Gasteiger partial charge on any atom is -0.490 e. The second-order valence-corrected chi connectivity index (χ2v) is 6.06. The van der Waals surface area contributed by atoms with E-state index in [0.29, 0.717) is 6.10 Å². The summed E-state index contributed by atoms with van der Waals surface area (Å²) in [6.45, 7) is 4.14. The molecule has 1 aromatic rings. The predicted octanol–water partition coefficient (Wildman–Crippen LogP) is 3.22. The highest BCUT2D eigenvalue weighted by molar-refractivity contribution is 5.37. The first-order chi connectivity index (χ1) is 9.58. The Morgan fingerprint density at radius 1 is 1.30 bits per heavy atom. The van der Waals surface area contributed by atoms with Gasteiger partial charge in [-0.1, -0.05) is 17.7 Å². The maximum absolute atomic E-state index is 6.24. The molecule has 2 rings (SSSR count). The Hall–Kier alpha value is -1.06. The molecule has 0 aromatic heterocycles. The molecule has 3 nitrogen and oxygen atoms in total.